The Balaban J connectivity index is 0. The topological polar surface area (TPSA) is 31.4 Å². The van der Waals surface area contributed by atoms with E-state index < -0.39 is 16.3 Å². The average molecular weight is 519 g/mol. The van der Waals surface area contributed by atoms with Gasteiger partial charge in [-0.15, -0.1) is 0 Å². The Labute approximate surface area is 190 Å². The quantitative estimate of drug-likeness (QED) is 0.232. The van der Waals surface area contributed by atoms with Gasteiger partial charge in [-0.25, -0.2) is 0 Å². The minimum atomic E-state index is -1.14. The number of nitrogens with zero attached hydrogens (tertiary/aromatic N) is 1. The van der Waals surface area contributed by atoms with Crippen molar-refractivity contribution in [2.24, 2.45) is 0 Å². The molecule has 0 amide bonds. The number of rotatable bonds is 4. The third-order valence-corrected chi connectivity index (χ3v) is 10.1. The van der Waals surface area contributed by atoms with Crippen molar-refractivity contribution in [3.05, 3.63) is 25.6 Å². The molecule has 0 aliphatic heterocycles. The van der Waals surface area contributed by atoms with Crippen LogP contribution in [0.25, 0.3) is 0 Å². The summed E-state index contributed by atoms with van der Waals surface area (Å²) >= 11 is 0. The summed E-state index contributed by atoms with van der Waals surface area (Å²) in [5.41, 5.74) is 0. The van der Waals surface area contributed by atoms with Gasteiger partial charge in [0.1, 0.15) is 20.6 Å². The fourth-order valence-electron chi connectivity index (χ4n) is 3.58. The van der Waals surface area contributed by atoms with Gasteiger partial charge in [0.05, 0.1) is 0 Å². The van der Waals surface area contributed by atoms with Crippen LogP contribution in [0.3, 0.4) is 0 Å². The molecular formula is C22H44NO2P2Rh+. The summed E-state index contributed by atoms with van der Waals surface area (Å²) in [5.74, 6) is 1.37. The second kappa shape index (κ2) is 10.5. The Kier molecular flexibility index (Phi) is 11.4. The van der Waals surface area contributed by atoms with Gasteiger partial charge in [-0.2, -0.15) is 4.98 Å². The van der Waals surface area contributed by atoms with Crippen molar-refractivity contribution in [2.45, 2.75) is 104 Å². The molecule has 0 unspecified atom stereocenters. The van der Waals surface area contributed by atoms with Crippen LogP contribution < -0.4 is 9.05 Å². The van der Waals surface area contributed by atoms with Gasteiger partial charge in [0.15, 0.2) is 16.3 Å². The minimum absolute atomic E-state index is 0. The van der Waals surface area contributed by atoms with Crippen molar-refractivity contribution in [3.8, 4) is 11.8 Å². The molecule has 0 N–H and O–H groups in total. The van der Waals surface area contributed by atoms with Crippen LogP contribution >= 0.6 is 16.3 Å². The van der Waals surface area contributed by atoms with Gasteiger partial charge in [0.2, 0.25) is 0 Å². The fraction of sp³-hybridized carbons (Fsp3) is 0.727. The van der Waals surface area contributed by atoms with Crippen LogP contribution in [-0.4, -0.2) is 25.6 Å². The van der Waals surface area contributed by atoms with Gasteiger partial charge in [0, 0.05) is 31.6 Å². The van der Waals surface area contributed by atoms with Crippen LogP contribution in [0.15, 0.2) is 18.2 Å². The van der Waals surface area contributed by atoms with Crippen LogP contribution in [0.1, 0.15) is 83.1 Å². The fourth-order valence-corrected chi connectivity index (χ4v) is 9.95. The van der Waals surface area contributed by atoms with Crippen molar-refractivity contribution < 1.29 is 28.5 Å². The summed E-state index contributed by atoms with van der Waals surface area (Å²) in [5, 5.41) is 0.473. The molecule has 0 fully saturated rings. The average Bonchev–Trinajstić information content (AvgIpc) is 2.37. The van der Waals surface area contributed by atoms with E-state index in [2.05, 4.69) is 83.1 Å². The van der Waals surface area contributed by atoms with Gasteiger partial charge in [-0.3, -0.25) is 0 Å². The van der Waals surface area contributed by atoms with Gasteiger partial charge >= 0.3 is 0 Å². The van der Waals surface area contributed by atoms with E-state index in [1.165, 1.54) is 0 Å². The Morgan fingerprint density at radius 3 is 1.07 bits per heavy atom. The van der Waals surface area contributed by atoms with Gasteiger partial charge in [-0.05, 0) is 83.1 Å². The minimum Gasteiger partial charge on any atom is -0.358 e. The Morgan fingerprint density at radius 1 is 0.607 bits per heavy atom. The first-order chi connectivity index (χ1) is 11.4. The molecule has 1 aromatic heterocycles. The Morgan fingerprint density at radius 2 is 0.857 bits per heavy atom. The third kappa shape index (κ3) is 9.36. The molecule has 6 heteroatoms. The summed E-state index contributed by atoms with van der Waals surface area (Å²) in [4.78, 5) is 4.71. The van der Waals surface area contributed by atoms with E-state index in [-0.39, 0.29) is 47.5 Å². The maximum absolute atomic E-state index is 6.46. The molecule has 1 radical (unpaired) electrons. The van der Waals surface area contributed by atoms with E-state index in [0.717, 1.165) is 0 Å². The molecule has 1 heterocycles. The van der Waals surface area contributed by atoms with E-state index >= 15 is 0 Å². The van der Waals surface area contributed by atoms with Gasteiger partial charge in [0.25, 0.3) is 11.8 Å². The van der Waals surface area contributed by atoms with Crippen molar-refractivity contribution in [1.29, 1.82) is 0 Å². The summed E-state index contributed by atoms with van der Waals surface area (Å²) in [6.07, 6.45) is 0. The maximum Gasteiger partial charge on any atom is 0.267 e. The molecule has 0 atom stereocenters. The molecule has 0 saturated heterocycles. The van der Waals surface area contributed by atoms with E-state index in [1.807, 2.05) is 18.2 Å². The Bertz CT molecular complexity index is 519. The number of pyridine rings is 1. The Hall–Kier alpha value is 0.233. The van der Waals surface area contributed by atoms with Crippen LogP contribution in [0.4, 0.5) is 0 Å². The third-order valence-electron chi connectivity index (χ3n) is 3.84. The van der Waals surface area contributed by atoms with Crippen molar-refractivity contribution in [1.82, 2.24) is 4.98 Å². The predicted octanol–water partition coefficient (Wildman–Crippen LogP) is 7.74. The predicted molar refractivity (Wildman–Crippen MR) is 128 cm³/mol. The van der Waals surface area contributed by atoms with E-state index in [9.17, 15) is 0 Å². The first kappa shape index (κ1) is 30.4. The molecule has 1 aromatic rings. The molecule has 0 bridgehead atoms. The van der Waals surface area contributed by atoms with Gasteiger partial charge in [-0.1, -0.05) is 6.07 Å². The normalized spacial score (nSPS) is 13.1. The molecule has 0 aliphatic rings. The molecule has 167 valence electrons. The van der Waals surface area contributed by atoms with Crippen molar-refractivity contribution >= 4 is 16.3 Å². The SMILES string of the molecule is CC(C)(C)[PH+](Oc1cccc(O[PH+](C(C)(C)C)C(C)(C)C)n1)C(C)(C)C.[CH3-].[Rh]. The molecule has 28 heavy (non-hydrogen) atoms. The molecule has 0 aromatic carbocycles. The van der Waals surface area contributed by atoms with Crippen LogP contribution in [-0.2, 0) is 19.5 Å². The second-order valence-corrected chi connectivity index (χ2v) is 18.9. The van der Waals surface area contributed by atoms with Gasteiger partial charge < -0.3 is 16.5 Å². The standard InChI is InChI=1S/C21H39NO2P2.CH3.Rh/c1-18(2,3)25(19(4,5)6)23-16-14-13-15-17(22-16)24-26(20(7,8)9)21(10,11)12;;/h13-15H,1-12H3;1H3;/q;-1;/p+2. The summed E-state index contributed by atoms with van der Waals surface area (Å²) in [6.45, 7) is 27.1. The second-order valence-electron chi connectivity index (χ2n) is 11.2. The van der Waals surface area contributed by atoms with Crippen LogP contribution in [0, 0.1) is 7.43 Å². The van der Waals surface area contributed by atoms with Crippen molar-refractivity contribution in [2.75, 3.05) is 0 Å². The zero-order chi connectivity index (χ0) is 20.6. The zero-order valence-electron chi connectivity index (χ0n) is 20.3. The van der Waals surface area contributed by atoms with Crippen LogP contribution in [0.5, 0.6) is 11.8 Å². The monoisotopic (exact) mass is 519 g/mol. The first-order valence-electron chi connectivity index (χ1n) is 9.51. The van der Waals surface area contributed by atoms with Crippen molar-refractivity contribution in [3.63, 3.8) is 0 Å². The summed E-state index contributed by atoms with van der Waals surface area (Å²) < 4.78 is 12.9. The number of hydrogen-bond donors (Lipinski definition) is 0. The maximum atomic E-state index is 6.46. The first-order valence-corrected chi connectivity index (χ1v) is 12.3. The molecule has 1 rings (SSSR count). The summed E-state index contributed by atoms with van der Waals surface area (Å²) in [6, 6.07) is 5.90. The molecular weight excluding hydrogens is 475 g/mol. The largest absolute Gasteiger partial charge is 0.358 e. The summed E-state index contributed by atoms with van der Waals surface area (Å²) in [7, 11) is -2.28. The molecule has 3 nitrogen and oxygen atoms in total. The van der Waals surface area contributed by atoms with E-state index in [1.54, 1.807) is 0 Å². The zero-order valence-corrected chi connectivity index (χ0v) is 24.0. The molecule has 0 aliphatic carbocycles. The number of hydrogen-bond acceptors (Lipinski definition) is 3. The molecule has 0 spiro atoms. The number of aromatic nitrogens is 1. The van der Waals surface area contributed by atoms with E-state index in [0.29, 0.717) is 11.8 Å². The molecule has 0 saturated carbocycles. The van der Waals surface area contributed by atoms with E-state index in [4.69, 9.17) is 14.0 Å². The smallest absolute Gasteiger partial charge is 0.267 e. The van der Waals surface area contributed by atoms with Crippen LogP contribution in [0.2, 0.25) is 0 Å².